The van der Waals surface area contributed by atoms with Gasteiger partial charge in [-0.3, -0.25) is 11.1 Å². The summed E-state index contributed by atoms with van der Waals surface area (Å²) in [5, 5.41) is 18.3. The minimum atomic E-state index is -0.710. The fourth-order valence-corrected chi connectivity index (χ4v) is 2.25. The van der Waals surface area contributed by atoms with Crippen LogP contribution < -0.4 is 33.2 Å². The lowest BCUT2D eigenvalue weighted by Crippen LogP contribution is -2.62. The molecule has 0 saturated carbocycles. The molecule has 0 fully saturated rings. The third-order valence-corrected chi connectivity index (χ3v) is 3.15. The van der Waals surface area contributed by atoms with Gasteiger partial charge >= 0.3 is 0 Å². The van der Waals surface area contributed by atoms with Crippen molar-refractivity contribution in [3.63, 3.8) is 0 Å². The molecular formula is C10H23N7O2. The van der Waals surface area contributed by atoms with Crippen LogP contribution in [-0.4, -0.2) is 48.2 Å². The van der Waals surface area contributed by atoms with E-state index in [-0.39, 0.29) is 19.0 Å². The van der Waals surface area contributed by atoms with Crippen LogP contribution in [0.4, 0.5) is 0 Å². The molecule has 2 heterocycles. The van der Waals surface area contributed by atoms with E-state index in [0.29, 0.717) is 13.1 Å². The normalized spacial score (nSPS) is 29.6. The Bertz CT molecular complexity index is 351. The second-order valence-electron chi connectivity index (χ2n) is 4.55. The molecule has 19 heavy (non-hydrogen) atoms. The predicted molar refractivity (Wildman–Crippen MR) is 69.3 cm³/mol. The van der Waals surface area contributed by atoms with E-state index in [1.54, 1.807) is 0 Å². The Kier molecular flexibility index (Phi) is 4.45. The number of hydrogen-bond acceptors (Lipinski definition) is 9. The Morgan fingerprint density at radius 3 is 2.89 bits per heavy atom. The van der Waals surface area contributed by atoms with Crippen molar-refractivity contribution >= 4 is 0 Å². The summed E-state index contributed by atoms with van der Waals surface area (Å²) in [6.07, 6.45) is -1.02. The second-order valence-corrected chi connectivity index (χ2v) is 4.55. The number of nitrogens with two attached hydrogens (primary N) is 3. The zero-order valence-corrected chi connectivity index (χ0v) is 11.0. The third-order valence-electron chi connectivity index (χ3n) is 3.15. The number of aliphatic hydroxyl groups excluding tert-OH is 1. The van der Waals surface area contributed by atoms with Crippen LogP contribution in [0.1, 0.15) is 13.3 Å². The standard InChI is InChI=1S/C10H23N7O2/c1-2-6(19-5(11)3-18)17-4-14-7-8(12)15-10(13)16-9(7)17/h5-6,8,10,14-16,18H,2-4,11-13H2,1H3/t5?,6-,8?,10+/m1/s1. The van der Waals surface area contributed by atoms with Crippen LogP contribution in [0.25, 0.3) is 0 Å². The lowest BCUT2D eigenvalue weighted by atomic mass is 10.3. The molecule has 9 heteroatoms. The summed E-state index contributed by atoms with van der Waals surface area (Å²) < 4.78 is 5.59. The van der Waals surface area contributed by atoms with Crippen molar-refractivity contribution < 1.29 is 9.84 Å². The Morgan fingerprint density at radius 1 is 1.53 bits per heavy atom. The van der Waals surface area contributed by atoms with Crippen molar-refractivity contribution in [2.45, 2.75) is 38.3 Å². The highest BCUT2D eigenvalue weighted by Gasteiger charge is 2.35. The van der Waals surface area contributed by atoms with Crippen LogP contribution in [0.15, 0.2) is 11.5 Å². The fraction of sp³-hybridized carbons (Fsp3) is 0.800. The van der Waals surface area contributed by atoms with Gasteiger partial charge in [0.2, 0.25) is 0 Å². The van der Waals surface area contributed by atoms with E-state index < -0.39 is 12.5 Å². The van der Waals surface area contributed by atoms with Crippen molar-refractivity contribution in [2.24, 2.45) is 17.2 Å². The van der Waals surface area contributed by atoms with Crippen LogP contribution in [0.5, 0.6) is 0 Å². The molecule has 0 spiro atoms. The molecule has 0 radical (unpaired) electrons. The minimum absolute atomic E-state index is 0.225. The average molecular weight is 273 g/mol. The average Bonchev–Trinajstić information content (AvgIpc) is 2.79. The van der Waals surface area contributed by atoms with Gasteiger partial charge in [-0.2, -0.15) is 0 Å². The number of nitrogens with one attached hydrogen (secondary N) is 3. The summed E-state index contributed by atoms with van der Waals surface area (Å²) in [5.74, 6) is 0.815. The van der Waals surface area contributed by atoms with Gasteiger partial charge in [-0.1, -0.05) is 6.92 Å². The van der Waals surface area contributed by atoms with Crippen LogP contribution in [0.3, 0.4) is 0 Å². The number of ether oxygens (including phenoxy) is 1. The second kappa shape index (κ2) is 5.90. The molecule has 0 aliphatic carbocycles. The van der Waals surface area contributed by atoms with Crippen molar-refractivity contribution in [3.05, 3.63) is 11.5 Å². The molecule has 0 amide bonds. The predicted octanol–water partition coefficient (Wildman–Crippen LogP) is -3.23. The Labute approximate surface area is 112 Å². The van der Waals surface area contributed by atoms with Crippen LogP contribution >= 0.6 is 0 Å². The van der Waals surface area contributed by atoms with Gasteiger partial charge in [0.15, 0.2) is 0 Å². The molecule has 10 N–H and O–H groups in total. The first kappa shape index (κ1) is 14.3. The largest absolute Gasteiger partial charge is 0.392 e. The van der Waals surface area contributed by atoms with Gasteiger partial charge in [0, 0.05) is 0 Å². The van der Waals surface area contributed by atoms with E-state index in [9.17, 15) is 0 Å². The van der Waals surface area contributed by atoms with E-state index in [1.165, 1.54) is 0 Å². The number of rotatable bonds is 5. The number of hydrogen-bond donors (Lipinski definition) is 7. The first-order valence-electron chi connectivity index (χ1n) is 6.37. The lowest BCUT2D eigenvalue weighted by Gasteiger charge is -2.35. The monoisotopic (exact) mass is 273 g/mol. The third kappa shape index (κ3) is 2.91. The zero-order chi connectivity index (χ0) is 14.0. The summed E-state index contributed by atoms with van der Waals surface area (Å²) in [7, 11) is 0. The molecule has 0 bridgehead atoms. The Morgan fingerprint density at radius 2 is 2.26 bits per heavy atom. The highest BCUT2D eigenvalue weighted by atomic mass is 16.5. The molecule has 0 aromatic carbocycles. The zero-order valence-electron chi connectivity index (χ0n) is 11.0. The molecule has 4 atom stereocenters. The highest BCUT2D eigenvalue weighted by molar-refractivity contribution is 5.23. The van der Waals surface area contributed by atoms with Crippen molar-refractivity contribution in [3.8, 4) is 0 Å². The van der Waals surface area contributed by atoms with Gasteiger partial charge in [-0.25, -0.2) is 0 Å². The Hall–Kier alpha value is -1.10. The molecule has 2 aliphatic rings. The molecule has 0 saturated heterocycles. The van der Waals surface area contributed by atoms with Gasteiger partial charge < -0.3 is 36.8 Å². The summed E-state index contributed by atoms with van der Waals surface area (Å²) >= 11 is 0. The molecule has 110 valence electrons. The molecule has 0 aromatic rings. The topological polar surface area (TPSA) is 147 Å². The molecule has 0 aromatic heterocycles. The van der Waals surface area contributed by atoms with Crippen molar-refractivity contribution in [1.82, 2.24) is 20.9 Å². The van der Waals surface area contributed by atoms with Crippen LogP contribution in [0.2, 0.25) is 0 Å². The first-order valence-corrected chi connectivity index (χ1v) is 6.37. The molecular weight excluding hydrogens is 250 g/mol. The molecule has 2 unspecified atom stereocenters. The summed E-state index contributed by atoms with van der Waals surface area (Å²) in [4.78, 5) is 1.96. The smallest absolute Gasteiger partial charge is 0.134 e. The highest BCUT2D eigenvalue weighted by Crippen LogP contribution is 2.22. The SMILES string of the molecule is CC[C@@H](OC(N)CO)N1CNC2=C1N[C@@H](N)NC2N. The maximum absolute atomic E-state index is 8.98. The van der Waals surface area contributed by atoms with Crippen molar-refractivity contribution in [2.75, 3.05) is 13.3 Å². The van der Waals surface area contributed by atoms with E-state index >= 15 is 0 Å². The van der Waals surface area contributed by atoms with Gasteiger partial charge in [0.25, 0.3) is 0 Å². The van der Waals surface area contributed by atoms with Crippen molar-refractivity contribution in [1.29, 1.82) is 0 Å². The van der Waals surface area contributed by atoms with E-state index in [2.05, 4.69) is 16.0 Å². The lowest BCUT2D eigenvalue weighted by molar-refractivity contribution is -0.101. The van der Waals surface area contributed by atoms with Gasteiger partial charge in [-0.05, 0) is 6.42 Å². The Balaban J connectivity index is 2.12. The summed E-state index contributed by atoms with van der Waals surface area (Å²) in [6, 6.07) is 0. The molecule has 2 rings (SSSR count). The van der Waals surface area contributed by atoms with E-state index in [1.807, 2.05) is 11.8 Å². The van der Waals surface area contributed by atoms with Gasteiger partial charge in [0.05, 0.1) is 19.0 Å². The van der Waals surface area contributed by atoms with E-state index in [0.717, 1.165) is 11.5 Å². The maximum atomic E-state index is 8.98. The van der Waals surface area contributed by atoms with Gasteiger partial charge in [-0.15, -0.1) is 0 Å². The number of nitrogens with zero attached hydrogens (tertiary/aromatic N) is 1. The quantitative estimate of drug-likeness (QED) is 0.257. The summed E-state index contributed by atoms with van der Waals surface area (Å²) in [5.41, 5.74) is 18.2. The number of aliphatic hydroxyl groups is 1. The summed E-state index contributed by atoms with van der Waals surface area (Å²) in [6.45, 7) is 2.31. The first-order chi connectivity index (χ1) is 9.06. The van der Waals surface area contributed by atoms with Crippen LogP contribution in [-0.2, 0) is 4.74 Å². The minimum Gasteiger partial charge on any atom is -0.392 e. The van der Waals surface area contributed by atoms with Gasteiger partial charge in [0.1, 0.15) is 30.7 Å². The van der Waals surface area contributed by atoms with E-state index in [4.69, 9.17) is 27.0 Å². The maximum Gasteiger partial charge on any atom is 0.134 e. The molecule has 2 aliphatic heterocycles. The van der Waals surface area contributed by atoms with Crippen LogP contribution in [0, 0.1) is 0 Å². The fourth-order valence-electron chi connectivity index (χ4n) is 2.25. The molecule has 9 nitrogen and oxygen atoms in total.